The second-order valence-corrected chi connectivity index (χ2v) is 6.91. The molecule has 5 nitrogen and oxygen atoms in total. The summed E-state index contributed by atoms with van der Waals surface area (Å²) >= 11 is 0. The highest BCUT2D eigenvalue weighted by molar-refractivity contribution is 5.74. The summed E-state index contributed by atoms with van der Waals surface area (Å²) in [6.07, 6.45) is 4.68. The number of hydrogen-bond donors (Lipinski definition) is 1. The summed E-state index contributed by atoms with van der Waals surface area (Å²) in [5, 5.41) is 3.09. The number of carbonyl (C=O) groups excluding carboxylic acids is 1. The highest BCUT2D eigenvalue weighted by Gasteiger charge is 2.20. The first-order valence-electron chi connectivity index (χ1n) is 9.16. The van der Waals surface area contributed by atoms with Gasteiger partial charge in [0.15, 0.2) is 0 Å². The van der Waals surface area contributed by atoms with Crippen LogP contribution in [0.5, 0.6) is 0 Å². The second kappa shape index (κ2) is 9.36. The van der Waals surface area contributed by atoms with Gasteiger partial charge in [-0.05, 0) is 44.7 Å². The molecule has 1 N–H and O–H groups in total. The van der Waals surface area contributed by atoms with Crippen LogP contribution in [0.15, 0.2) is 0 Å². The van der Waals surface area contributed by atoms with Gasteiger partial charge in [-0.25, -0.2) is 4.79 Å². The van der Waals surface area contributed by atoms with Gasteiger partial charge in [-0.15, -0.1) is 0 Å². The van der Waals surface area contributed by atoms with Gasteiger partial charge in [0, 0.05) is 45.8 Å². The molecular formula is C17H34N4O. The lowest BCUT2D eigenvalue weighted by atomic mass is 10.0. The monoisotopic (exact) mass is 310 g/mol. The molecule has 0 spiro atoms. The standard InChI is InChI=1S/C17H34N4O/c1-3-19-11-13-20(14-12-19)9-5-4-8-18-17(22)21-10-6-7-16(2)15-21/h16H,3-15H2,1-2H3,(H,18,22). The first-order valence-corrected chi connectivity index (χ1v) is 9.16. The van der Waals surface area contributed by atoms with Crippen molar-refractivity contribution in [1.29, 1.82) is 0 Å². The summed E-state index contributed by atoms with van der Waals surface area (Å²) in [5.41, 5.74) is 0. The van der Waals surface area contributed by atoms with Crippen LogP contribution < -0.4 is 5.32 Å². The molecule has 2 fully saturated rings. The molecule has 2 rings (SSSR count). The number of rotatable bonds is 6. The topological polar surface area (TPSA) is 38.8 Å². The zero-order valence-electron chi connectivity index (χ0n) is 14.5. The maximum absolute atomic E-state index is 12.1. The molecule has 0 aliphatic carbocycles. The normalized spacial score (nSPS) is 24.5. The predicted molar refractivity (Wildman–Crippen MR) is 91.2 cm³/mol. The minimum atomic E-state index is 0.142. The van der Waals surface area contributed by atoms with Gasteiger partial charge < -0.3 is 20.0 Å². The van der Waals surface area contributed by atoms with E-state index in [0.29, 0.717) is 5.92 Å². The third kappa shape index (κ3) is 5.76. The Balaban J connectivity index is 1.49. The van der Waals surface area contributed by atoms with Crippen molar-refractivity contribution in [2.45, 2.75) is 39.5 Å². The van der Waals surface area contributed by atoms with Crippen molar-refractivity contribution >= 4 is 6.03 Å². The summed E-state index contributed by atoms with van der Waals surface area (Å²) in [5.74, 6) is 0.654. The van der Waals surface area contributed by atoms with E-state index in [9.17, 15) is 4.79 Å². The van der Waals surface area contributed by atoms with Gasteiger partial charge in [-0.2, -0.15) is 0 Å². The molecule has 0 radical (unpaired) electrons. The second-order valence-electron chi connectivity index (χ2n) is 6.91. The molecular weight excluding hydrogens is 276 g/mol. The summed E-state index contributed by atoms with van der Waals surface area (Å²) < 4.78 is 0. The predicted octanol–water partition coefficient (Wildman–Crippen LogP) is 1.85. The van der Waals surface area contributed by atoms with Gasteiger partial charge in [-0.1, -0.05) is 13.8 Å². The lowest BCUT2D eigenvalue weighted by Gasteiger charge is -2.34. The molecule has 2 amide bonds. The van der Waals surface area contributed by atoms with Gasteiger partial charge in [0.2, 0.25) is 0 Å². The molecule has 0 aromatic rings. The molecule has 0 aromatic carbocycles. The van der Waals surface area contributed by atoms with Crippen molar-refractivity contribution in [3.63, 3.8) is 0 Å². The largest absolute Gasteiger partial charge is 0.338 e. The zero-order chi connectivity index (χ0) is 15.8. The van der Waals surface area contributed by atoms with E-state index in [4.69, 9.17) is 0 Å². The molecule has 22 heavy (non-hydrogen) atoms. The number of amides is 2. The molecule has 2 heterocycles. The number of nitrogens with one attached hydrogen (secondary N) is 1. The van der Waals surface area contributed by atoms with E-state index in [-0.39, 0.29) is 6.03 Å². The Morgan fingerprint density at radius 1 is 1.09 bits per heavy atom. The number of hydrogen-bond acceptors (Lipinski definition) is 3. The van der Waals surface area contributed by atoms with Gasteiger partial charge in [0.05, 0.1) is 0 Å². The van der Waals surface area contributed by atoms with Gasteiger partial charge >= 0.3 is 6.03 Å². The minimum absolute atomic E-state index is 0.142. The number of likely N-dealkylation sites (N-methyl/N-ethyl adjacent to an activating group) is 1. The van der Waals surface area contributed by atoms with Crippen LogP contribution in [0.2, 0.25) is 0 Å². The average molecular weight is 310 g/mol. The SMILES string of the molecule is CCN1CCN(CCCCNC(=O)N2CCCC(C)C2)CC1. The summed E-state index contributed by atoms with van der Waals surface area (Å²) in [6, 6.07) is 0.142. The first kappa shape index (κ1) is 17.5. The third-order valence-corrected chi connectivity index (χ3v) is 5.03. The number of nitrogens with zero attached hydrogens (tertiary/aromatic N) is 3. The molecule has 2 aliphatic rings. The molecule has 1 atom stereocenters. The van der Waals surface area contributed by atoms with Gasteiger partial charge in [-0.3, -0.25) is 0 Å². The third-order valence-electron chi connectivity index (χ3n) is 5.03. The van der Waals surface area contributed by atoms with Crippen LogP contribution in [-0.4, -0.2) is 79.6 Å². The molecule has 0 aromatic heterocycles. The van der Waals surface area contributed by atoms with E-state index in [2.05, 4.69) is 29.0 Å². The van der Waals surface area contributed by atoms with Crippen molar-refractivity contribution in [3.05, 3.63) is 0 Å². The Kier molecular flexibility index (Phi) is 7.46. The average Bonchev–Trinajstić information content (AvgIpc) is 2.55. The maximum Gasteiger partial charge on any atom is 0.317 e. The van der Waals surface area contributed by atoms with Crippen LogP contribution in [0, 0.1) is 5.92 Å². The summed E-state index contributed by atoms with van der Waals surface area (Å²) in [6.45, 7) is 14.3. The Morgan fingerprint density at radius 3 is 2.50 bits per heavy atom. The molecule has 1 unspecified atom stereocenters. The van der Waals surface area contributed by atoms with Crippen molar-refractivity contribution < 1.29 is 4.79 Å². The lowest BCUT2D eigenvalue weighted by molar-refractivity contribution is 0.135. The fraction of sp³-hybridized carbons (Fsp3) is 0.941. The van der Waals surface area contributed by atoms with Crippen LogP contribution in [0.1, 0.15) is 39.5 Å². The number of piperazine rings is 1. The van der Waals surface area contributed by atoms with Crippen LogP contribution in [0.25, 0.3) is 0 Å². The Labute approximate surface area is 136 Å². The Morgan fingerprint density at radius 2 is 1.82 bits per heavy atom. The van der Waals surface area contributed by atoms with Crippen molar-refractivity contribution in [1.82, 2.24) is 20.0 Å². The Hall–Kier alpha value is -0.810. The highest BCUT2D eigenvalue weighted by atomic mass is 16.2. The Bertz CT molecular complexity index is 329. The lowest BCUT2D eigenvalue weighted by Crippen LogP contribution is -2.46. The first-order chi connectivity index (χ1) is 10.7. The van der Waals surface area contributed by atoms with E-state index in [1.54, 1.807) is 0 Å². The van der Waals surface area contributed by atoms with Crippen LogP contribution in [0.4, 0.5) is 4.79 Å². The number of urea groups is 1. The molecule has 0 saturated carbocycles. The van der Waals surface area contributed by atoms with Crippen molar-refractivity contribution in [3.8, 4) is 0 Å². The zero-order valence-corrected chi connectivity index (χ0v) is 14.5. The van der Waals surface area contributed by atoms with Crippen molar-refractivity contribution in [2.75, 3.05) is 58.9 Å². The quantitative estimate of drug-likeness (QED) is 0.761. The molecule has 2 aliphatic heterocycles. The smallest absolute Gasteiger partial charge is 0.317 e. The van der Waals surface area contributed by atoms with E-state index < -0.39 is 0 Å². The van der Waals surface area contributed by atoms with E-state index in [1.165, 1.54) is 52.1 Å². The van der Waals surface area contributed by atoms with E-state index >= 15 is 0 Å². The van der Waals surface area contributed by atoms with Crippen molar-refractivity contribution in [2.24, 2.45) is 5.92 Å². The number of carbonyl (C=O) groups is 1. The maximum atomic E-state index is 12.1. The molecule has 128 valence electrons. The van der Waals surface area contributed by atoms with E-state index in [0.717, 1.165) is 32.5 Å². The molecule has 5 heteroatoms. The number of likely N-dealkylation sites (tertiary alicyclic amines) is 1. The van der Waals surface area contributed by atoms with Crippen LogP contribution in [-0.2, 0) is 0 Å². The van der Waals surface area contributed by atoms with Crippen LogP contribution in [0.3, 0.4) is 0 Å². The van der Waals surface area contributed by atoms with Gasteiger partial charge in [0.1, 0.15) is 0 Å². The fourth-order valence-electron chi connectivity index (χ4n) is 3.47. The van der Waals surface area contributed by atoms with E-state index in [1.807, 2.05) is 4.90 Å². The molecule has 2 saturated heterocycles. The summed E-state index contributed by atoms with van der Waals surface area (Å²) in [7, 11) is 0. The summed E-state index contributed by atoms with van der Waals surface area (Å²) in [4.78, 5) is 19.1. The minimum Gasteiger partial charge on any atom is -0.338 e. The fourth-order valence-corrected chi connectivity index (χ4v) is 3.47. The number of unbranched alkanes of at least 4 members (excludes halogenated alkanes) is 1. The highest BCUT2D eigenvalue weighted by Crippen LogP contribution is 2.15. The number of piperidine rings is 1. The van der Waals surface area contributed by atoms with Crippen LogP contribution >= 0.6 is 0 Å². The molecule has 0 bridgehead atoms. The van der Waals surface area contributed by atoms with Gasteiger partial charge in [0.25, 0.3) is 0 Å².